The van der Waals surface area contributed by atoms with E-state index in [4.69, 9.17) is 16.3 Å². The first-order valence-electron chi connectivity index (χ1n) is 6.92. The van der Waals surface area contributed by atoms with E-state index < -0.39 is 0 Å². The summed E-state index contributed by atoms with van der Waals surface area (Å²) < 4.78 is 7.79. The van der Waals surface area contributed by atoms with Crippen molar-refractivity contribution in [2.24, 2.45) is 0 Å². The van der Waals surface area contributed by atoms with Crippen LogP contribution in [0.15, 0.2) is 30.6 Å². The second kappa shape index (κ2) is 7.31. The van der Waals surface area contributed by atoms with Crippen molar-refractivity contribution in [3.63, 3.8) is 0 Å². The summed E-state index contributed by atoms with van der Waals surface area (Å²) in [7, 11) is 0. The minimum atomic E-state index is 0.715. The number of rotatable bonds is 7. The zero-order valence-electron chi connectivity index (χ0n) is 11.9. The Balaban J connectivity index is 2.14. The Morgan fingerprint density at radius 1 is 1.35 bits per heavy atom. The first-order chi connectivity index (χ1) is 9.72. The topological polar surface area (TPSA) is 39.1 Å². The Morgan fingerprint density at radius 2 is 2.20 bits per heavy atom. The molecule has 5 heteroatoms. The van der Waals surface area contributed by atoms with Crippen LogP contribution in [-0.4, -0.2) is 16.3 Å². The molecule has 0 atom stereocenters. The van der Waals surface area contributed by atoms with Gasteiger partial charge in [-0.05, 0) is 31.2 Å². The first-order valence-corrected chi connectivity index (χ1v) is 7.30. The van der Waals surface area contributed by atoms with Gasteiger partial charge in [0, 0.05) is 23.7 Å². The summed E-state index contributed by atoms with van der Waals surface area (Å²) in [6.07, 6.45) is 4.70. The highest BCUT2D eigenvalue weighted by Gasteiger charge is 2.07. The van der Waals surface area contributed by atoms with Gasteiger partial charge >= 0.3 is 0 Å². The van der Waals surface area contributed by atoms with Gasteiger partial charge in [-0.3, -0.25) is 4.68 Å². The van der Waals surface area contributed by atoms with Crippen molar-refractivity contribution in [1.82, 2.24) is 15.1 Å². The Hall–Kier alpha value is -1.52. The second-order valence-electron chi connectivity index (χ2n) is 4.57. The molecule has 1 N–H and O–H groups in total. The van der Waals surface area contributed by atoms with Gasteiger partial charge in [-0.15, -0.1) is 0 Å². The van der Waals surface area contributed by atoms with Crippen molar-refractivity contribution in [2.75, 3.05) is 6.54 Å². The van der Waals surface area contributed by atoms with Crippen LogP contribution in [0.1, 0.15) is 25.8 Å². The highest BCUT2D eigenvalue weighted by atomic mass is 35.5. The monoisotopic (exact) mass is 293 g/mol. The predicted octanol–water partition coefficient (Wildman–Crippen LogP) is 3.85. The molecule has 0 radical (unpaired) electrons. The Bertz CT molecular complexity index is 554. The largest absolute Gasteiger partial charge is 0.454 e. The molecule has 0 aliphatic carbocycles. The van der Waals surface area contributed by atoms with E-state index in [-0.39, 0.29) is 0 Å². The summed E-state index contributed by atoms with van der Waals surface area (Å²) in [5, 5.41) is 8.26. The van der Waals surface area contributed by atoms with E-state index in [9.17, 15) is 0 Å². The summed E-state index contributed by atoms with van der Waals surface area (Å²) in [5.74, 6) is 1.56. The van der Waals surface area contributed by atoms with Crippen LogP contribution in [0.2, 0.25) is 5.02 Å². The molecule has 0 saturated carbocycles. The third kappa shape index (κ3) is 3.99. The van der Waals surface area contributed by atoms with Crippen LogP contribution in [0.4, 0.5) is 0 Å². The predicted molar refractivity (Wildman–Crippen MR) is 81.4 cm³/mol. The lowest BCUT2D eigenvalue weighted by Crippen LogP contribution is -2.12. The van der Waals surface area contributed by atoms with Crippen molar-refractivity contribution >= 4 is 11.6 Å². The number of benzene rings is 1. The smallest absolute Gasteiger partial charge is 0.165 e. The lowest BCUT2D eigenvalue weighted by Gasteiger charge is -2.10. The fourth-order valence-electron chi connectivity index (χ4n) is 1.92. The first kappa shape index (κ1) is 14.9. The van der Waals surface area contributed by atoms with Crippen molar-refractivity contribution in [3.05, 3.63) is 41.2 Å². The lowest BCUT2D eigenvalue weighted by atomic mass is 10.2. The molecular weight excluding hydrogens is 274 g/mol. The molecule has 0 aliphatic heterocycles. The molecule has 4 nitrogen and oxygen atoms in total. The lowest BCUT2D eigenvalue weighted by molar-refractivity contribution is 0.471. The van der Waals surface area contributed by atoms with E-state index in [1.54, 1.807) is 6.20 Å². The Labute approximate surface area is 124 Å². The van der Waals surface area contributed by atoms with Gasteiger partial charge in [-0.25, -0.2) is 0 Å². The number of ether oxygens (including phenoxy) is 1. The van der Waals surface area contributed by atoms with Gasteiger partial charge in [0.1, 0.15) is 5.75 Å². The summed E-state index contributed by atoms with van der Waals surface area (Å²) >= 11 is 6.04. The number of hydrogen-bond acceptors (Lipinski definition) is 3. The molecular formula is C15H20ClN3O. The SMILES string of the molecule is CCCn1cc(Oc2ccc(Cl)cc2CNCC)cn1. The molecule has 0 amide bonds. The van der Waals surface area contributed by atoms with E-state index in [0.717, 1.165) is 43.1 Å². The molecule has 2 rings (SSSR count). The standard InChI is InChI=1S/C15H20ClN3O/c1-3-7-19-11-14(10-18-19)20-15-6-5-13(16)8-12(15)9-17-4-2/h5-6,8,10-11,17H,3-4,7,9H2,1-2H3. The zero-order valence-corrected chi connectivity index (χ0v) is 12.7. The van der Waals surface area contributed by atoms with Gasteiger partial charge in [0.2, 0.25) is 0 Å². The van der Waals surface area contributed by atoms with Crippen molar-refractivity contribution in [3.8, 4) is 11.5 Å². The molecule has 0 bridgehead atoms. The van der Waals surface area contributed by atoms with E-state index >= 15 is 0 Å². The van der Waals surface area contributed by atoms with Gasteiger partial charge < -0.3 is 10.1 Å². The number of nitrogens with one attached hydrogen (secondary N) is 1. The molecule has 20 heavy (non-hydrogen) atoms. The molecule has 0 saturated heterocycles. The zero-order chi connectivity index (χ0) is 14.4. The number of halogens is 1. The van der Waals surface area contributed by atoms with Gasteiger partial charge in [0.15, 0.2) is 5.75 Å². The van der Waals surface area contributed by atoms with Gasteiger partial charge in [0.25, 0.3) is 0 Å². The summed E-state index contributed by atoms with van der Waals surface area (Å²) in [5.41, 5.74) is 1.04. The molecule has 0 fully saturated rings. The van der Waals surface area contributed by atoms with Crippen LogP contribution in [0.3, 0.4) is 0 Å². The number of hydrogen-bond donors (Lipinski definition) is 1. The fraction of sp³-hybridized carbons (Fsp3) is 0.400. The molecule has 0 aliphatic rings. The van der Waals surface area contributed by atoms with E-state index in [0.29, 0.717) is 5.02 Å². The number of aromatic nitrogens is 2. The number of nitrogens with zero attached hydrogens (tertiary/aromatic N) is 2. The molecule has 108 valence electrons. The quantitative estimate of drug-likeness (QED) is 0.843. The molecule has 0 unspecified atom stereocenters. The van der Waals surface area contributed by atoms with Crippen LogP contribution < -0.4 is 10.1 Å². The minimum absolute atomic E-state index is 0.715. The van der Waals surface area contributed by atoms with Crippen LogP contribution in [0, 0.1) is 0 Å². The van der Waals surface area contributed by atoms with Gasteiger partial charge in [-0.2, -0.15) is 5.10 Å². The van der Waals surface area contributed by atoms with E-state index in [1.165, 1.54) is 0 Å². The van der Waals surface area contributed by atoms with E-state index in [2.05, 4.69) is 24.3 Å². The maximum absolute atomic E-state index is 6.04. The Morgan fingerprint density at radius 3 is 2.95 bits per heavy atom. The molecule has 0 spiro atoms. The second-order valence-corrected chi connectivity index (χ2v) is 5.01. The fourth-order valence-corrected chi connectivity index (χ4v) is 2.12. The van der Waals surface area contributed by atoms with Crippen LogP contribution in [0.5, 0.6) is 11.5 Å². The van der Waals surface area contributed by atoms with Crippen molar-refractivity contribution in [1.29, 1.82) is 0 Å². The van der Waals surface area contributed by atoms with Crippen molar-refractivity contribution in [2.45, 2.75) is 33.4 Å². The summed E-state index contributed by atoms with van der Waals surface area (Å²) in [4.78, 5) is 0. The average Bonchev–Trinajstić information content (AvgIpc) is 2.87. The number of aryl methyl sites for hydroxylation is 1. The molecule has 1 aromatic carbocycles. The van der Waals surface area contributed by atoms with Gasteiger partial charge in [0.05, 0.1) is 12.4 Å². The third-order valence-electron chi connectivity index (χ3n) is 2.88. The normalized spacial score (nSPS) is 10.8. The highest BCUT2D eigenvalue weighted by Crippen LogP contribution is 2.27. The Kier molecular flexibility index (Phi) is 5.44. The maximum Gasteiger partial charge on any atom is 0.165 e. The van der Waals surface area contributed by atoms with Gasteiger partial charge in [-0.1, -0.05) is 25.4 Å². The van der Waals surface area contributed by atoms with Crippen molar-refractivity contribution < 1.29 is 4.74 Å². The minimum Gasteiger partial charge on any atom is -0.454 e. The molecule has 1 heterocycles. The van der Waals surface area contributed by atoms with E-state index in [1.807, 2.05) is 29.1 Å². The highest BCUT2D eigenvalue weighted by molar-refractivity contribution is 6.30. The third-order valence-corrected chi connectivity index (χ3v) is 3.11. The average molecular weight is 294 g/mol. The summed E-state index contributed by atoms with van der Waals surface area (Å²) in [6, 6.07) is 5.66. The molecule has 1 aromatic heterocycles. The van der Waals surface area contributed by atoms with Crippen LogP contribution >= 0.6 is 11.6 Å². The maximum atomic E-state index is 6.04. The van der Waals surface area contributed by atoms with Crippen LogP contribution in [-0.2, 0) is 13.1 Å². The molecule has 2 aromatic rings. The summed E-state index contributed by atoms with van der Waals surface area (Å²) in [6.45, 7) is 6.72. The van der Waals surface area contributed by atoms with Crippen LogP contribution in [0.25, 0.3) is 0 Å².